The first-order valence-electron chi connectivity index (χ1n) is 15.7. The first-order chi connectivity index (χ1) is 22.4. The summed E-state index contributed by atoms with van der Waals surface area (Å²) in [6, 6.07) is 14.1. The van der Waals surface area contributed by atoms with Crippen molar-refractivity contribution in [3.05, 3.63) is 124 Å². The van der Waals surface area contributed by atoms with Gasteiger partial charge in [0.1, 0.15) is 28.8 Å². The summed E-state index contributed by atoms with van der Waals surface area (Å²) in [7, 11) is 0. The SMILES string of the molecule is CCCCCC1CCC(c2ccc(-c3ccc(/C=C/c4cc(F)c(C(F)(F)Oc5cc(F)c(F)c(F)c5)c(F)c4)c(F)c3)cc2)CC1. The van der Waals surface area contributed by atoms with E-state index in [9.17, 15) is 30.7 Å². The summed E-state index contributed by atoms with van der Waals surface area (Å²) in [5.74, 6) is -9.44. The Labute approximate surface area is 268 Å². The molecule has 47 heavy (non-hydrogen) atoms. The van der Waals surface area contributed by atoms with Gasteiger partial charge in [-0.2, -0.15) is 8.78 Å². The van der Waals surface area contributed by atoms with Gasteiger partial charge in [0.2, 0.25) is 0 Å². The van der Waals surface area contributed by atoms with Crippen molar-refractivity contribution in [3.8, 4) is 16.9 Å². The van der Waals surface area contributed by atoms with E-state index in [-0.39, 0.29) is 23.3 Å². The molecule has 4 aromatic carbocycles. The van der Waals surface area contributed by atoms with E-state index in [0.29, 0.717) is 23.6 Å². The molecule has 0 unspecified atom stereocenters. The lowest BCUT2D eigenvalue weighted by Gasteiger charge is -2.29. The molecule has 1 aliphatic carbocycles. The van der Waals surface area contributed by atoms with Gasteiger partial charge >= 0.3 is 6.11 Å². The fraction of sp³-hybridized carbons (Fsp3) is 0.316. The third kappa shape index (κ3) is 8.24. The monoisotopic (exact) mass is 658 g/mol. The van der Waals surface area contributed by atoms with Crippen LogP contribution in [0.2, 0.25) is 0 Å². The van der Waals surface area contributed by atoms with Crippen LogP contribution in [0.1, 0.15) is 86.5 Å². The van der Waals surface area contributed by atoms with Crippen molar-refractivity contribution in [1.29, 1.82) is 0 Å². The Morgan fingerprint density at radius 3 is 1.89 bits per heavy atom. The van der Waals surface area contributed by atoms with Crippen LogP contribution in [0.3, 0.4) is 0 Å². The van der Waals surface area contributed by atoms with Gasteiger partial charge in [0.25, 0.3) is 0 Å². The van der Waals surface area contributed by atoms with Gasteiger partial charge in [-0.25, -0.2) is 26.3 Å². The average molecular weight is 659 g/mol. The molecule has 0 N–H and O–H groups in total. The van der Waals surface area contributed by atoms with Crippen LogP contribution in [-0.2, 0) is 6.11 Å². The van der Waals surface area contributed by atoms with Gasteiger partial charge in [0.05, 0.1) is 0 Å². The lowest BCUT2D eigenvalue weighted by atomic mass is 9.77. The van der Waals surface area contributed by atoms with E-state index < -0.39 is 52.3 Å². The van der Waals surface area contributed by atoms with E-state index in [4.69, 9.17) is 0 Å². The summed E-state index contributed by atoms with van der Waals surface area (Å²) in [4.78, 5) is 0. The van der Waals surface area contributed by atoms with Crippen molar-refractivity contribution >= 4 is 12.2 Å². The Bertz CT molecular complexity index is 1680. The number of alkyl halides is 2. The van der Waals surface area contributed by atoms with Crippen LogP contribution in [0.5, 0.6) is 5.75 Å². The molecule has 1 nitrogen and oxygen atoms in total. The molecule has 1 aliphatic rings. The summed E-state index contributed by atoms with van der Waals surface area (Å²) in [6.07, 6.45) is 7.71. The van der Waals surface area contributed by atoms with Gasteiger partial charge in [-0.3, -0.25) is 0 Å². The molecule has 0 aromatic heterocycles. The lowest BCUT2D eigenvalue weighted by molar-refractivity contribution is -0.189. The number of hydrogen-bond donors (Lipinski definition) is 0. The molecule has 0 bridgehead atoms. The predicted octanol–water partition coefficient (Wildman–Crippen LogP) is 12.3. The zero-order valence-electron chi connectivity index (χ0n) is 25.7. The van der Waals surface area contributed by atoms with Crippen LogP contribution in [0.25, 0.3) is 23.3 Å². The molecule has 0 spiro atoms. The van der Waals surface area contributed by atoms with Crippen LogP contribution in [-0.4, -0.2) is 0 Å². The Morgan fingerprint density at radius 2 is 1.30 bits per heavy atom. The number of benzene rings is 4. The maximum Gasteiger partial charge on any atom is 0.432 e. The highest BCUT2D eigenvalue weighted by atomic mass is 19.3. The van der Waals surface area contributed by atoms with Crippen LogP contribution < -0.4 is 4.74 Å². The normalized spacial score (nSPS) is 17.0. The first kappa shape index (κ1) is 34.2. The molecule has 4 aromatic rings. The van der Waals surface area contributed by atoms with Crippen molar-refractivity contribution in [2.75, 3.05) is 0 Å². The minimum absolute atomic E-state index is 0.0972. The van der Waals surface area contributed by atoms with E-state index >= 15 is 4.39 Å². The fourth-order valence-corrected chi connectivity index (χ4v) is 6.20. The van der Waals surface area contributed by atoms with E-state index in [1.54, 1.807) is 6.07 Å². The summed E-state index contributed by atoms with van der Waals surface area (Å²) >= 11 is 0. The molecule has 0 atom stereocenters. The average Bonchev–Trinajstić information content (AvgIpc) is 3.03. The molecule has 9 heteroatoms. The van der Waals surface area contributed by atoms with Gasteiger partial charge in [0, 0.05) is 17.7 Å². The van der Waals surface area contributed by atoms with Crippen molar-refractivity contribution in [2.45, 2.75) is 70.3 Å². The quantitative estimate of drug-likeness (QED) is 0.0674. The van der Waals surface area contributed by atoms with E-state index in [1.165, 1.54) is 75.1 Å². The minimum atomic E-state index is -4.71. The molecule has 0 saturated heterocycles. The second-order valence-corrected chi connectivity index (χ2v) is 12.1. The first-order valence-corrected chi connectivity index (χ1v) is 15.7. The lowest BCUT2D eigenvalue weighted by Crippen LogP contribution is -2.25. The van der Waals surface area contributed by atoms with Crippen LogP contribution >= 0.6 is 0 Å². The Hall–Kier alpha value is -4.14. The van der Waals surface area contributed by atoms with Crippen molar-refractivity contribution in [2.24, 2.45) is 5.92 Å². The number of unbranched alkanes of at least 4 members (excludes halogenated alkanes) is 2. The molecule has 248 valence electrons. The third-order valence-electron chi connectivity index (χ3n) is 8.79. The fourth-order valence-electron chi connectivity index (χ4n) is 6.20. The van der Waals surface area contributed by atoms with Crippen LogP contribution in [0, 0.1) is 40.8 Å². The molecule has 5 rings (SSSR count). The van der Waals surface area contributed by atoms with Crippen LogP contribution in [0.15, 0.2) is 66.7 Å². The number of rotatable bonds is 11. The molecule has 0 radical (unpaired) electrons. The van der Waals surface area contributed by atoms with Gasteiger partial charge in [-0.05, 0) is 78.0 Å². The maximum absolute atomic E-state index is 15.0. The van der Waals surface area contributed by atoms with Gasteiger partial charge in [-0.15, -0.1) is 0 Å². The highest BCUT2D eigenvalue weighted by Gasteiger charge is 2.41. The Morgan fingerprint density at radius 1 is 0.681 bits per heavy atom. The number of hydrogen-bond acceptors (Lipinski definition) is 1. The summed E-state index contributed by atoms with van der Waals surface area (Å²) in [5, 5.41) is 0. The molecule has 0 aliphatic heterocycles. The third-order valence-corrected chi connectivity index (χ3v) is 8.79. The number of halogens is 8. The Kier molecular flexibility index (Phi) is 10.7. The van der Waals surface area contributed by atoms with Crippen LogP contribution in [0.4, 0.5) is 35.1 Å². The largest absolute Gasteiger partial charge is 0.432 e. The summed E-state index contributed by atoms with van der Waals surface area (Å²) in [5.41, 5.74) is 0.846. The molecular weight excluding hydrogens is 624 g/mol. The summed E-state index contributed by atoms with van der Waals surface area (Å²) < 4.78 is 118. The second kappa shape index (κ2) is 14.7. The molecule has 0 heterocycles. The van der Waals surface area contributed by atoms with E-state index in [2.05, 4.69) is 23.8 Å². The van der Waals surface area contributed by atoms with E-state index in [0.717, 1.165) is 17.6 Å². The minimum Gasteiger partial charge on any atom is -0.429 e. The topological polar surface area (TPSA) is 9.23 Å². The Balaban J connectivity index is 1.24. The zero-order valence-corrected chi connectivity index (χ0v) is 25.7. The molecule has 0 amide bonds. The standard InChI is InChI=1S/C38H34F8O/c1-2-3-4-5-23-6-9-25(10-7-23)26-12-14-27(15-13-26)29-17-16-28(31(39)20-29)11-8-24-18-32(40)36(33(41)19-24)38(45,46)47-30-21-34(42)37(44)35(43)22-30/h8,11-23,25H,2-7,9-10H2,1H3/b11-8+. The smallest absolute Gasteiger partial charge is 0.429 e. The van der Waals surface area contributed by atoms with Gasteiger partial charge < -0.3 is 4.74 Å². The van der Waals surface area contributed by atoms with Crippen molar-refractivity contribution in [1.82, 2.24) is 0 Å². The molecule has 1 saturated carbocycles. The highest BCUT2D eigenvalue weighted by molar-refractivity contribution is 5.73. The second-order valence-electron chi connectivity index (χ2n) is 12.1. The van der Waals surface area contributed by atoms with Gasteiger partial charge in [-0.1, -0.05) is 81.2 Å². The van der Waals surface area contributed by atoms with Crippen molar-refractivity contribution in [3.63, 3.8) is 0 Å². The molecule has 1 fully saturated rings. The maximum atomic E-state index is 15.0. The van der Waals surface area contributed by atoms with E-state index in [1.807, 2.05) is 12.1 Å². The molecular formula is C38H34F8O. The highest BCUT2D eigenvalue weighted by Crippen LogP contribution is 2.39. The van der Waals surface area contributed by atoms with Crippen molar-refractivity contribution < 1.29 is 39.9 Å². The predicted molar refractivity (Wildman–Crippen MR) is 167 cm³/mol. The number of ether oxygens (including phenoxy) is 1. The van der Waals surface area contributed by atoms with Gasteiger partial charge in [0.15, 0.2) is 17.5 Å². The summed E-state index contributed by atoms with van der Waals surface area (Å²) in [6.45, 7) is 2.22. The zero-order chi connectivity index (χ0) is 33.7.